The largest absolute Gasteiger partial charge is 0.497 e. The molecule has 1 aromatic carbocycles. The standard InChI is InChI=1S/C23H29N5O3/c1-14-18(13-21(29)25-19-11-10-17(30-3)12-20(19)31-4)15(2)28-23(24-14)26-22(27-28)16-8-6-5-7-9-16/h10-12,16H,5-9,13H2,1-4H3,(H,25,29). The molecule has 1 aliphatic carbocycles. The van der Waals surface area contributed by atoms with Crippen LogP contribution in [0.15, 0.2) is 18.2 Å². The van der Waals surface area contributed by atoms with Crippen molar-refractivity contribution in [3.8, 4) is 11.5 Å². The molecule has 1 N–H and O–H groups in total. The van der Waals surface area contributed by atoms with Gasteiger partial charge in [-0.25, -0.2) is 9.50 Å². The molecule has 0 aliphatic heterocycles. The van der Waals surface area contributed by atoms with Crippen molar-refractivity contribution in [2.75, 3.05) is 19.5 Å². The third kappa shape index (κ3) is 4.33. The number of hydrogen-bond acceptors (Lipinski definition) is 6. The lowest BCUT2D eigenvalue weighted by Crippen LogP contribution is -2.18. The van der Waals surface area contributed by atoms with E-state index >= 15 is 0 Å². The number of amides is 1. The first-order chi connectivity index (χ1) is 15.0. The molecule has 1 amide bonds. The first-order valence-corrected chi connectivity index (χ1v) is 10.7. The number of carbonyl (C=O) groups excluding carboxylic acids is 1. The maximum atomic E-state index is 12.8. The number of fused-ring (bicyclic) bond motifs is 1. The molecule has 8 heteroatoms. The maximum Gasteiger partial charge on any atom is 0.252 e. The number of hydrogen-bond donors (Lipinski definition) is 1. The summed E-state index contributed by atoms with van der Waals surface area (Å²) in [5.74, 6) is 2.95. The van der Waals surface area contributed by atoms with Crippen molar-refractivity contribution in [1.29, 1.82) is 0 Å². The lowest BCUT2D eigenvalue weighted by atomic mass is 9.89. The van der Waals surface area contributed by atoms with Gasteiger partial charge in [-0.15, -0.1) is 5.10 Å². The lowest BCUT2D eigenvalue weighted by Gasteiger charge is -2.17. The first kappa shape index (κ1) is 21.1. The maximum absolute atomic E-state index is 12.8. The molecule has 0 radical (unpaired) electrons. The van der Waals surface area contributed by atoms with Crippen LogP contribution in [-0.4, -0.2) is 39.7 Å². The quantitative estimate of drug-likeness (QED) is 0.645. The van der Waals surface area contributed by atoms with Crippen molar-refractivity contribution in [3.63, 3.8) is 0 Å². The molecule has 3 aromatic rings. The average molecular weight is 424 g/mol. The number of methoxy groups -OCH3 is 2. The van der Waals surface area contributed by atoms with Gasteiger partial charge in [-0.3, -0.25) is 4.79 Å². The normalized spacial score (nSPS) is 14.6. The van der Waals surface area contributed by atoms with Crippen molar-refractivity contribution in [2.45, 2.75) is 58.3 Å². The minimum atomic E-state index is -0.150. The van der Waals surface area contributed by atoms with E-state index in [4.69, 9.17) is 19.6 Å². The van der Waals surface area contributed by atoms with Crippen molar-refractivity contribution in [1.82, 2.24) is 19.6 Å². The van der Waals surface area contributed by atoms with Crippen LogP contribution in [0.5, 0.6) is 11.5 Å². The molecule has 0 atom stereocenters. The molecule has 164 valence electrons. The zero-order valence-electron chi connectivity index (χ0n) is 18.6. The monoisotopic (exact) mass is 423 g/mol. The SMILES string of the molecule is COc1ccc(NC(=O)Cc2c(C)nc3nc(C4CCCCC4)nn3c2C)c(OC)c1. The van der Waals surface area contributed by atoms with Gasteiger partial charge in [0.1, 0.15) is 11.5 Å². The molecule has 2 heterocycles. The van der Waals surface area contributed by atoms with Crippen LogP contribution in [0, 0.1) is 13.8 Å². The Bertz CT molecular complexity index is 1100. The van der Waals surface area contributed by atoms with Crippen LogP contribution >= 0.6 is 0 Å². The van der Waals surface area contributed by atoms with Gasteiger partial charge in [-0.2, -0.15) is 4.98 Å². The van der Waals surface area contributed by atoms with Crippen LogP contribution in [-0.2, 0) is 11.2 Å². The van der Waals surface area contributed by atoms with E-state index in [9.17, 15) is 4.79 Å². The number of ether oxygens (including phenoxy) is 2. The number of aromatic nitrogens is 4. The minimum absolute atomic E-state index is 0.150. The smallest absolute Gasteiger partial charge is 0.252 e. The summed E-state index contributed by atoms with van der Waals surface area (Å²) in [6.07, 6.45) is 6.20. The Balaban J connectivity index is 1.57. The number of carbonyl (C=O) groups is 1. The predicted molar refractivity (Wildman–Crippen MR) is 118 cm³/mol. The highest BCUT2D eigenvalue weighted by atomic mass is 16.5. The van der Waals surface area contributed by atoms with Crippen LogP contribution < -0.4 is 14.8 Å². The van der Waals surface area contributed by atoms with E-state index in [1.54, 1.807) is 36.9 Å². The summed E-state index contributed by atoms with van der Waals surface area (Å²) in [5, 5.41) is 7.68. The second-order valence-electron chi connectivity index (χ2n) is 8.07. The summed E-state index contributed by atoms with van der Waals surface area (Å²) in [6.45, 7) is 3.89. The van der Waals surface area contributed by atoms with Crippen molar-refractivity contribution in [2.24, 2.45) is 0 Å². The van der Waals surface area contributed by atoms with Crippen LogP contribution in [0.4, 0.5) is 5.69 Å². The van der Waals surface area contributed by atoms with Crippen LogP contribution in [0.3, 0.4) is 0 Å². The molecular formula is C23H29N5O3. The van der Waals surface area contributed by atoms with E-state index in [0.29, 0.717) is 28.9 Å². The van der Waals surface area contributed by atoms with Crippen LogP contribution in [0.2, 0.25) is 0 Å². The fraction of sp³-hybridized carbons (Fsp3) is 0.478. The van der Waals surface area contributed by atoms with Gasteiger partial charge in [0, 0.05) is 28.9 Å². The number of nitrogens with one attached hydrogen (secondary N) is 1. The summed E-state index contributed by atoms with van der Waals surface area (Å²) < 4.78 is 12.4. The molecule has 0 bridgehead atoms. The summed E-state index contributed by atoms with van der Waals surface area (Å²) in [6, 6.07) is 5.29. The molecule has 0 saturated heterocycles. The Morgan fingerprint density at radius 1 is 1.13 bits per heavy atom. The van der Waals surface area contributed by atoms with E-state index in [0.717, 1.165) is 35.6 Å². The Morgan fingerprint density at radius 3 is 2.61 bits per heavy atom. The van der Waals surface area contributed by atoms with Crippen molar-refractivity contribution < 1.29 is 14.3 Å². The second kappa shape index (κ2) is 8.91. The summed E-state index contributed by atoms with van der Waals surface area (Å²) in [7, 11) is 3.15. The third-order valence-electron chi connectivity index (χ3n) is 6.06. The highest BCUT2D eigenvalue weighted by Gasteiger charge is 2.22. The Morgan fingerprint density at radius 2 is 1.90 bits per heavy atom. The van der Waals surface area contributed by atoms with E-state index in [-0.39, 0.29) is 12.3 Å². The Hall–Kier alpha value is -3.16. The number of rotatable bonds is 6. The highest BCUT2D eigenvalue weighted by Crippen LogP contribution is 2.31. The van der Waals surface area contributed by atoms with Gasteiger partial charge in [0.2, 0.25) is 5.91 Å². The Labute approximate surface area is 182 Å². The van der Waals surface area contributed by atoms with Gasteiger partial charge >= 0.3 is 0 Å². The predicted octanol–water partition coefficient (Wildman–Crippen LogP) is 3.99. The summed E-state index contributed by atoms with van der Waals surface area (Å²) in [5.41, 5.74) is 3.15. The molecule has 8 nitrogen and oxygen atoms in total. The van der Waals surface area contributed by atoms with Gasteiger partial charge in [-0.1, -0.05) is 19.3 Å². The van der Waals surface area contributed by atoms with E-state index in [1.807, 2.05) is 13.8 Å². The zero-order chi connectivity index (χ0) is 22.0. The molecule has 0 spiro atoms. The summed E-state index contributed by atoms with van der Waals surface area (Å²) >= 11 is 0. The van der Waals surface area contributed by atoms with Gasteiger partial charge < -0.3 is 14.8 Å². The molecule has 1 fully saturated rings. The molecule has 1 saturated carbocycles. The van der Waals surface area contributed by atoms with Gasteiger partial charge in [0.25, 0.3) is 5.78 Å². The van der Waals surface area contributed by atoms with Crippen molar-refractivity contribution >= 4 is 17.4 Å². The lowest BCUT2D eigenvalue weighted by molar-refractivity contribution is -0.115. The van der Waals surface area contributed by atoms with Gasteiger partial charge in [0.15, 0.2) is 5.82 Å². The second-order valence-corrected chi connectivity index (χ2v) is 8.07. The summed E-state index contributed by atoms with van der Waals surface area (Å²) in [4.78, 5) is 22.2. The van der Waals surface area contributed by atoms with E-state index < -0.39 is 0 Å². The van der Waals surface area contributed by atoms with Crippen LogP contribution in [0.1, 0.15) is 60.8 Å². The van der Waals surface area contributed by atoms with E-state index in [1.165, 1.54) is 19.3 Å². The molecule has 0 unspecified atom stereocenters. The van der Waals surface area contributed by atoms with E-state index in [2.05, 4.69) is 10.3 Å². The number of nitrogens with zero attached hydrogens (tertiary/aromatic N) is 4. The fourth-order valence-corrected chi connectivity index (χ4v) is 4.27. The number of aryl methyl sites for hydroxylation is 2. The minimum Gasteiger partial charge on any atom is -0.497 e. The Kier molecular flexibility index (Phi) is 6.06. The molecular weight excluding hydrogens is 394 g/mol. The van der Waals surface area contributed by atoms with Gasteiger partial charge in [-0.05, 0) is 38.8 Å². The molecule has 1 aliphatic rings. The number of benzene rings is 1. The zero-order valence-corrected chi connectivity index (χ0v) is 18.6. The topological polar surface area (TPSA) is 90.6 Å². The van der Waals surface area contributed by atoms with Gasteiger partial charge in [0.05, 0.1) is 26.3 Å². The first-order valence-electron chi connectivity index (χ1n) is 10.7. The molecule has 4 rings (SSSR count). The average Bonchev–Trinajstić information content (AvgIpc) is 3.21. The highest BCUT2D eigenvalue weighted by molar-refractivity contribution is 5.94. The van der Waals surface area contributed by atoms with Crippen LogP contribution in [0.25, 0.3) is 5.78 Å². The third-order valence-corrected chi connectivity index (χ3v) is 6.06. The fourth-order valence-electron chi connectivity index (χ4n) is 4.27. The number of anilines is 1. The van der Waals surface area contributed by atoms with Crippen molar-refractivity contribution in [3.05, 3.63) is 41.0 Å². The molecule has 2 aromatic heterocycles. The molecule has 31 heavy (non-hydrogen) atoms.